The molecule has 0 N–H and O–H groups in total. The maximum absolute atomic E-state index is 13.3. The van der Waals surface area contributed by atoms with Crippen molar-refractivity contribution in [3.8, 4) is 11.1 Å². The zero-order valence-electron chi connectivity index (χ0n) is 24.1. The van der Waals surface area contributed by atoms with Crippen LogP contribution in [-0.4, -0.2) is 0 Å². The van der Waals surface area contributed by atoms with E-state index in [1.54, 1.807) is 0 Å². The largest absolute Gasteiger partial charge is 0.204 e. The Morgan fingerprint density at radius 1 is 0.381 bits per heavy atom. The fourth-order valence-corrected chi connectivity index (χ4v) is 7.45. The Balaban J connectivity index is 0.000000168. The molecule has 0 amide bonds. The van der Waals surface area contributed by atoms with Crippen molar-refractivity contribution in [3.05, 3.63) is 94.6 Å². The molecule has 0 saturated heterocycles. The number of rotatable bonds is 4. The van der Waals surface area contributed by atoms with Crippen molar-refractivity contribution in [2.24, 2.45) is 11.8 Å². The third-order valence-electron chi connectivity index (χ3n) is 9.87. The quantitative estimate of drug-likeness (QED) is 0.211. The van der Waals surface area contributed by atoms with Crippen LogP contribution >= 0.6 is 0 Å². The lowest BCUT2D eigenvalue weighted by Gasteiger charge is -2.36. The first kappa shape index (κ1) is 30.7. The molecule has 0 unspecified atom stereocenters. The van der Waals surface area contributed by atoms with Crippen LogP contribution in [0.25, 0.3) is 11.1 Å². The molecule has 3 aromatic rings. The third-order valence-corrected chi connectivity index (χ3v) is 9.87. The summed E-state index contributed by atoms with van der Waals surface area (Å²) in [7, 11) is 0. The molecule has 226 valence electrons. The molecule has 6 heteroatoms. The minimum atomic E-state index is -1.42. The lowest BCUT2D eigenvalue weighted by atomic mass is 9.70. The van der Waals surface area contributed by atoms with Gasteiger partial charge in [-0.1, -0.05) is 75.6 Å². The van der Waals surface area contributed by atoms with Crippen LogP contribution in [0.1, 0.15) is 113 Å². The second-order valence-corrected chi connectivity index (χ2v) is 12.5. The average Bonchev–Trinajstić information content (AvgIpc) is 3.03. The average molecular weight is 587 g/mol. The van der Waals surface area contributed by atoms with Crippen LogP contribution in [0.5, 0.6) is 0 Å². The van der Waals surface area contributed by atoms with Crippen LogP contribution in [0.2, 0.25) is 0 Å². The molecule has 0 heterocycles. The van der Waals surface area contributed by atoms with Gasteiger partial charge in [0.2, 0.25) is 0 Å². The standard InChI is InChI=1S/C18H23F3.C18H17F3/c2*19-16-10-15(11-17(20)18(16)21)14-8-6-13(7-9-14)12-4-2-1-3-5-12/h10-14H,1-9H2;6-12H,1-5H2. The fraction of sp³-hybridized carbons (Fsp3) is 0.500. The van der Waals surface area contributed by atoms with Crippen molar-refractivity contribution in [1.82, 2.24) is 0 Å². The van der Waals surface area contributed by atoms with Gasteiger partial charge in [0.05, 0.1) is 0 Å². The van der Waals surface area contributed by atoms with Gasteiger partial charge in [0.25, 0.3) is 0 Å². The highest BCUT2D eigenvalue weighted by Gasteiger charge is 2.30. The highest BCUT2D eigenvalue weighted by atomic mass is 19.2. The van der Waals surface area contributed by atoms with Crippen LogP contribution in [0.4, 0.5) is 26.3 Å². The molecule has 6 rings (SSSR count). The normalized spacial score (nSPS) is 22.0. The number of hydrogen-bond donors (Lipinski definition) is 0. The van der Waals surface area contributed by atoms with E-state index in [0.717, 1.165) is 49.7 Å². The summed E-state index contributed by atoms with van der Waals surface area (Å²) in [4.78, 5) is 0. The minimum Gasteiger partial charge on any atom is -0.204 e. The first-order valence-corrected chi connectivity index (χ1v) is 15.7. The van der Waals surface area contributed by atoms with Gasteiger partial charge in [0.15, 0.2) is 34.9 Å². The predicted molar refractivity (Wildman–Crippen MR) is 155 cm³/mol. The van der Waals surface area contributed by atoms with E-state index in [1.165, 1.54) is 81.9 Å². The smallest absolute Gasteiger partial charge is 0.194 e. The highest BCUT2D eigenvalue weighted by molar-refractivity contribution is 5.64. The van der Waals surface area contributed by atoms with Gasteiger partial charge >= 0.3 is 0 Å². The first-order valence-electron chi connectivity index (χ1n) is 15.7. The van der Waals surface area contributed by atoms with Crippen molar-refractivity contribution in [3.63, 3.8) is 0 Å². The van der Waals surface area contributed by atoms with Gasteiger partial charge in [-0.25, -0.2) is 26.3 Å². The molecule has 0 radical (unpaired) electrons. The molecule has 3 aliphatic rings. The van der Waals surface area contributed by atoms with Gasteiger partial charge < -0.3 is 0 Å². The van der Waals surface area contributed by atoms with Crippen LogP contribution in [0.3, 0.4) is 0 Å². The van der Waals surface area contributed by atoms with Crippen LogP contribution in [-0.2, 0) is 0 Å². The summed E-state index contributed by atoms with van der Waals surface area (Å²) < 4.78 is 79.3. The SMILES string of the molecule is Fc1cc(-c2ccc(C3CCCCC3)cc2)cc(F)c1F.Fc1cc(C2CCC(C3CCCCC3)CC2)cc(F)c1F. The van der Waals surface area contributed by atoms with E-state index in [2.05, 4.69) is 0 Å². The Kier molecular flexibility index (Phi) is 10.3. The first-order chi connectivity index (χ1) is 20.3. The summed E-state index contributed by atoms with van der Waals surface area (Å²) in [5.74, 6) is -4.75. The molecule has 0 spiro atoms. The van der Waals surface area contributed by atoms with Gasteiger partial charge in [-0.3, -0.25) is 0 Å². The van der Waals surface area contributed by atoms with Crippen molar-refractivity contribution in [1.29, 1.82) is 0 Å². The van der Waals surface area contributed by atoms with Crippen LogP contribution in [0, 0.1) is 46.7 Å². The second kappa shape index (κ2) is 14.1. The Labute approximate surface area is 245 Å². The zero-order valence-corrected chi connectivity index (χ0v) is 24.1. The molecule has 0 aromatic heterocycles. The molecule has 3 aromatic carbocycles. The molecule has 42 heavy (non-hydrogen) atoms. The Bertz CT molecular complexity index is 1270. The zero-order chi connectivity index (χ0) is 29.6. The predicted octanol–water partition coefficient (Wildman–Crippen LogP) is 11.8. The summed E-state index contributed by atoms with van der Waals surface area (Å²) in [5.41, 5.74) is 2.98. The molecule has 3 saturated carbocycles. The van der Waals surface area contributed by atoms with Gasteiger partial charge in [-0.15, -0.1) is 0 Å². The second-order valence-electron chi connectivity index (χ2n) is 12.5. The van der Waals surface area contributed by atoms with Gasteiger partial charge in [-0.05, 0) is 109 Å². The maximum Gasteiger partial charge on any atom is 0.194 e. The molecular formula is C36H40F6. The van der Waals surface area contributed by atoms with Crippen molar-refractivity contribution < 1.29 is 26.3 Å². The number of hydrogen-bond acceptors (Lipinski definition) is 0. The molecule has 3 aliphatic carbocycles. The van der Waals surface area contributed by atoms with Crippen molar-refractivity contribution in [2.45, 2.75) is 102 Å². The van der Waals surface area contributed by atoms with E-state index in [4.69, 9.17) is 0 Å². The van der Waals surface area contributed by atoms with Gasteiger partial charge in [0.1, 0.15) is 0 Å². The monoisotopic (exact) mass is 586 g/mol. The Morgan fingerprint density at radius 2 is 0.810 bits per heavy atom. The molecule has 0 nitrogen and oxygen atoms in total. The van der Waals surface area contributed by atoms with E-state index in [0.29, 0.717) is 22.6 Å². The third kappa shape index (κ3) is 7.41. The van der Waals surface area contributed by atoms with E-state index in [1.807, 2.05) is 24.3 Å². The van der Waals surface area contributed by atoms with Gasteiger partial charge in [-0.2, -0.15) is 0 Å². The summed E-state index contributed by atoms with van der Waals surface area (Å²) in [5, 5.41) is 0. The maximum atomic E-state index is 13.3. The molecule has 3 fully saturated rings. The molecular weight excluding hydrogens is 546 g/mol. The van der Waals surface area contributed by atoms with E-state index >= 15 is 0 Å². The van der Waals surface area contributed by atoms with E-state index < -0.39 is 34.9 Å². The topological polar surface area (TPSA) is 0 Å². The van der Waals surface area contributed by atoms with E-state index in [9.17, 15) is 26.3 Å². The summed E-state index contributed by atoms with van der Waals surface area (Å²) >= 11 is 0. The van der Waals surface area contributed by atoms with Gasteiger partial charge in [0, 0.05) is 0 Å². The summed E-state index contributed by atoms with van der Waals surface area (Å²) in [6.07, 6.45) is 17.3. The number of halogens is 6. The molecule has 0 atom stereocenters. The molecule has 0 bridgehead atoms. The summed E-state index contributed by atoms with van der Waals surface area (Å²) in [6.45, 7) is 0. The van der Waals surface area contributed by atoms with Crippen molar-refractivity contribution in [2.75, 3.05) is 0 Å². The molecule has 0 aliphatic heterocycles. The Morgan fingerprint density at radius 3 is 1.33 bits per heavy atom. The Hall–Kier alpha value is -2.76. The number of benzene rings is 3. The fourth-order valence-electron chi connectivity index (χ4n) is 7.45. The lowest BCUT2D eigenvalue weighted by molar-refractivity contribution is 0.185. The van der Waals surface area contributed by atoms with E-state index in [-0.39, 0.29) is 5.92 Å². The minimum absolute atomic E-state index is 0.189. The summed E-state index contributed by atoms with van der Waals surface area (Å²) in [6, 6.07) is 12.2. The highest BCUT2D eigenvalue weighted by Crippen LogP contribution is 2.43. The van der Waals surface area contributed by atoms with Crippen molar-refractivity contribution >= 4 is 0 Å². The van der Waals surface area contributed by atoms with Crippen LogP contribution < -0.4 is 0 Å². The lowest BCUT2D eigenvalue weighted by Crippen LogP contribution is -2.23. The van der Waals surface area contributed by atoms with Crippen LogP contribution in [0.15, 0.2) is 48.5 Å².